The number of fused-ring (bicyclic) bond motifs is 2. The number of amides is 1. The Morgan fingerprint density at radius 3 is 2.80 bits per heavy atom. The zero-order valence-electron chi connectivity index (χ0n) is 9.66. The molecule has 0 saturated heterocycles. The highest BCUT2D eigenvalue weighted by molar-refractivity contribution is 5.77. The number of nitrogens with one attached hydrogen (secondary N) is 1. The van der Waals surface area contributed by atoms with Crippen molar-refractivity contribution in [2.24, 2.45) is 17.8 Å². The lowest BCUT2D eigenvalue weighted by molar-refractivity contribution is -0.125. The molecule has 1 N–H and O–H groups in total. The van der Waals surface area contributed by atoms with Crippen molar-refractivity contribution in [3.8, 4) is 0 Å². The number of carbonyl (C=O) groups is 1. The van der Waals surface area contributed by atoms with Crippen LogP contribution < -0.4 is 5.32 Å². The highest BCUT2D eigenvalue weighted by Gasteiger charge is 2.41. The van der Waals surface area contributed by atoms with E-state index in [-0.39, 0.29) is 12.5 Å². The molecule has 0 aromatic carbocycles. The van der Waals surface area contributed by atoms with E-state index < -0.39 is 0 Å². The van der Waals surface area contributed by atoms with Gasteiger partial charge in [-0.05, 0) is 43.9 Å². The maximum absolute atomic E-state index is 11.4. The first-order valence-corrected chi connectivity index (χ1v) is 5.99. The van der Waals surface area contributed by atoms with Gasteiger partial charge in [-0.15, -0.1) is 0 Å². The van der Waals surface area contributed by atoms with Crippen LogP contribution in [0.25, 0.3) is 0 Å². The largest absolute Gasteiger partial charge is 0.375 e. The Morgan fingerprint density at radius 1 is 1.47 bits per heavy atom. The van der Waals surface area contributed by atoms with E-state index in [1.807, 2.05) is 0 Å². The smallest absolute Gasteiger partial charge is 0.246 e. The standard InChI is InChI=1S/C12H21NO2/c1-8(13-12(14)7-15-2)11-6-9-3-4-10(11)5-9/h8-11H,3-7H2,1-2H3,(H,13,14). The summed E-state index contributed by atoms with van der Waals surface area (Å²) in [5.41, 5.74) is 0. The maximum atomic E-state index is 11.4. The first kappa shape index (κ1) is 10.9. The Balaban J connectivity index is 1.81. The summed E-state index contributed by atoms with van der Waals surface area (Å²) in [6.07, 6.45) is 5.51. The van der Waals surface area contributed by atoms with Crippen LogP contribution in [-0.2, 0) is 9.53 Å². The zero-order valence-corrected chi connectivity index (χ0v) is 9.66. The summed E-state index contributed by atoms with van der Waals surface area (Å²) in [6.45, 7) is 2.32. The van der Waals surface area contributed by atoms with E-state index in [0.717, 1.165) is 11.8 Å². The van der Waals surface area contributed by atoms with Crippen molar-refractivity contribution < 1.29 is 9.53 Å². The normalized spacial score (nSPS) is 35.5. The first-order chi connectivity index (χ1) is 7.20. The monoisotopic (exact) mass is 211 g/mol. The van der Waals surface area contributed by atoms with Crippen LogP contribution in [0.1, 0.15) is 32.6 Å². The van der Waals surface area contributed by atoms with Crippen LogP contribution >= 0.6 is 0 Å². The van der Waals surface area contributed by atoms with Gasteiger partial charge in [0.2, 0.25) is 5.91 Å². The molecule has 0 heterocycles. The van der Waals surface area contributed by atoms with Gasteiger partial charge in [-0.1, -0.05) is 6.42 Å². The van der Waals surface area contributed by atoms with E-state index in [2.05, 4.69) is 12.2 Å². The molecular formula is C12H21NO2. The molecule has 4 unspecified atom stereocenters. The van der Waals surface area contributed by atoms with Gasteiger partial charge in [0.25, 0.3) is 0 Å². The number of hydrogen-bond donors (Lipinski definition) is 1. The van der Waals surface area contributed by atoms with Crippen LogP contribution in [0.5, 0.6) is 0 Å². The number of rotatable bonds is 4. The molecule has 0 spiro atoms. The molecule has 2 fully saturated rings. The first-order valence-electron chi connectivity index (χ1n) is 5.99. The summed E-state index contributed by atoms with van der Waals surface area (Å²) in [7, 11) is 1.56. The van der Waals surface area contributed by atoms with E-state index >= 15 is 0 Å². The minimum Gasteiger partial charge on any atom is -0.375 e. The third-order valence-corrected chi connectivity index (χ3v) is 4.10. The van der Waals surface area contributed by atoms with Crippen LogP contribution in [0.3, 0.4) is 0 Å². The van der Waals surface area contributed by atoms with Crippen molar-refractivity contribution in [3.63, 3.8) is 0 Å². The summed E-state index contributed by atoms with van der Waals surface area (Å²) in [4.78, 5) is 11.4. The van der Waals surface area contributed by atoms with Gasteiger partial charge in [0, 0.05) is 13.2 Å². The Kier molecular flexibility index (Phi) is 3.29. The van der Waals surface area contributed by atoms with Gasteiger partial charge >= 0.3 is 0 Å². The molecule has 2 saturated carbocycles. The third-order valence-electron chi connectivity index (χ3n) is 4.10. The molecule has 86 valence electrons. The number of methoxy groups -OCH3 is 1. The van der Waals surface area contributed by atoms with Gasteiger partial charge in [-0.2, -0.15) is 0 Å². The SMILES string of the molecule is COCC(=O)NC(C)C1CC2CCC1C2. The average Bonchev–Trinajstić information content (AvgIpc) is 2.78. The molecule has 2 rings (SSSR count). The lowest BCUT2D eigenvalue weighted by Gasteiger charge is -2.28. The highest BCUT2D eigenvalue weighted by atomic mass is 16.5. The Morgan fingerprint density at radius 2 is 2.27 bits per heavy atom. The van der Waals surface area contributed by atoms with E-state index in [1.165, 1.54) is 25.7 Å². The molecule has 4 atom stereocenters. The summed E-state index contributed by atoms with van der Waals surface area (Å²) in [5, 5.41) is 3.04. The van der Waals surface area contributed by atoms with Crippen LogP contribution in [0.15, 0.2) is 0 Å². The van der Waals surface area contributed by atoms with Crippen LogP contribution in [0, 0.1) is 17.8 Å². The predicted octanol–water partition coefficient (Wildman–Crippen LogP) is 1.57. The highest BCUT2D eigenvalue weighted by Crippen LogP contribution is 2.49. The summed E-state index contributed by atoms with van der Waals surface area (Å²) in [5.74, 6) is 2.55. The minimum atomic E-state index is 0.0211. The lowest BCUT2D eigenvalue weighted by Crippen LogP contribution is -2.41. The van der Waals surface area contributed by atoms with Gasteiger partial charge in [0.15, 0.2) is 0 Å². The molecular weight excluding hydrogens is 190 g/mol. The minimum absolute atomic E-state index is 0.0211. The summed E-state index contributed by atoms with van der Waals surface area (Å²) >= 11 is 0. The second kappa shape index (κ2) is 4.52. The van der Waals surface area contributed by atoms with Crippen LogP contribution in [0.4, 0.5) is 0 Å². The van der Waals surface area contributed by atoms with E-state index in [9.17, 15) is 4.79 Å². The Labute approximate surface area is 91.6 Å². The zero-order chi connectivity index (χ0) is 10.8. The van der Waals surface area contributed by atoms with Gasteiger partial charge in [0.05, 0.1) is 0 Å². The fourth-order valence-corrected chi connectivity index (χ4v) is 3.44. The molecule has 2 bridgehead atoms. The van der Waals surface area contributed by atoms with Crippen molar-refractivity contribution in [1.82, 2.24) is 5.32 Å². The Hall–Kier alpha value is -0.570. The molecule has 0 aliphatic heterocycles. The molecule has 2 aliphatic rings. The number of ether oxygens (including phenoxy) is 1. The topological polar surface area (TPSA) is 38.3 Å². The Bertz CT molecular complexity index is 242. The average molecular weight is 211 g/mol. The number of hydrogen-bond acceptors (Lipinski definition) is 2. The van der Waals surface area contributed by atoms with Crippen LogP contribution in [-0.4, -0.2) is 25.7 Å². The molecule has 3 nitrogen and oxygen atoms in total. The van der Waals surface area contributed by atoms with Gasteiger partial charge in [-0.3, -0.25) is 4.79 Å². The second-order valence-electron chi connectivity index (χ2n) is 5.13. The van der Waals surface area contributed by atoms with Gasteiger partial charge in [-0.25, -0.2) is 0 Å². The lowest BCUT2D eigenvalue weighted by atomic mass is 9.84. The fourth-order valence-electron chi connectivity index (χ4n) is 3.44. The molecule has 0 aromatic rings. The number of carbonyl (C=O) groups excluding carboxylic acids is 1. The van der Waals surface area contributed by atoms with Crippen LogP contribution in [0.2, 0.25) is 0 Å². The van der Waals surface area contributed by atoms with Gasteiger partial charge in [0.1, 0.15) is 6.61 Å². The molecule has 3 heteroatoms. The third kappa shape index (κ3) is 2.33. The van der Waals surface area contributed by atoms with E-state index in [4.69, 9.17) is 4.74 Å². The van der Waals surface area contributed by atoms with Crippen molar-refractivity contribution in [3.05, 3.63) is 0 Å². The quantitative estimate of drug-likeness (QED) is 0.766. The maximum Gasteiger partial charge on any atom is 0.246 e. The van der Waals surface area contributed by atoms with Crippen molar-refractivity contribution >= 4 is 5.91 Å². The van der Waals surface area contributed by atoms with Crippen molar-refractivity contribution in [1.29, 1.82) is 0 Å². The predicted molar refractivity (Wildman–Crippen MR) is 58.4 cm³/mol. The second-order valence-corrected chi connectivity index (χ2v) is 5.13. The molecule has 0 radical (unpaired) electrons. The van der Waals surface area contributed by atoms with Crippen molar-refractivity contribution in [2.75, 3.05) is 13.7 Å². The fraction of sp³-hybridized carbons (Fsp3) is 0.917. The van der Waals surface area contributed by atoms with Gasteiger partial charge < -0.3 is 10.1 Å². The molecule has 15 heavy (non-hydrogen) atoms. The van der Waals surface area contributed by atoms with E-state index in [1.54, 1.807) is 7.11 Å². The summed E-state index contributed by atoms with van der Waals surface area (Å²) in [6, 6.07) is 0.322. The summed E-state index contributed by atoms with van der Waals surface area (Å²) < 4.78 is 4.82. The molecule has 0 aromatic heterocycles. The van der Waals surface area contributed by atoms with E-state index in [0.29, 0.717) is 12.0 Å². The molecule has 1 amide bonds. The molecule has 2 aliphatic carbocycles. The van der Waals surface area contributed by atoms with Crippen molar-refractivity contribution in [2.45, 2.75) is 38.6 Å².